The van der Waals surface area contributed by atoms with Crippen molar-refractivity contribution in [1.29, 1.82) is 0 Å². The number of anilines is 2. The lowest BCUT2D eigenvalue weighted by atomic mass is 10.0. The van der Waals surface area contributed by atoms with E-state index >= 15 is 0 Å². The van der Waals surface area contributed by atoms with Gasteiger partial charge in [-0.3, -0.25) is 9.48 Å². The number of halogens is 3. The molecule has 0 radical (unpaired) electrons. The maximum absolute atomic E-state index is 14.1. The summed E-state index contributed by atoms with van der Waals surface area (Å²) in [5.74, 6) is -2.30. The zero-order chi connectivity index (χ0) is 23.0. The van der Waals surface area contributed by atoms with Crippen LogP contribution in [0.25, 0.3) is 10.6 Å². The van der Waals surface area contributed by atoms with Gasteiger partial charge in [0.2, 0.25) is 0 Å². The first-order valence-electron chi connectivity index (χ1n) is 9.81. The average Bonchev–Trinajstić information content (AvgIpc) is 3.25. The highest BCUT2D eigenvalue weighted by atomic mass is 32.1. The molecule has 0 spiro atoms. The topological polar surface area (TPSA) is 121 Å². The molecule has 5 N–H and O–H groups in total. The Bertz CT molecular complexity index is 1120. The molecule has 8 nitrogen and oxygen atoms in total. The Morgan fingerprint density at radius 1 is 1.31 bits per heavy atom. The van der Waals surface area contributed by atoms with Crippen LogP contribution in [0.1, 0.15) is 35.1 Å². The molecule has 4 rings (SSSR count). The molecule has 1 aromatic carbocycles. The zero-order valence-electron chi connectivity index (χ0n) is 17.0. The summed E-state index contributed by atoms with van der Waals surface area (Å²) in [6, 6.07) is 2.80. The third kappa shape index (κ3) is 4.20. The van der Waals surface area contributed by atoms with Gasteiger partial charge in [-0.05, 0) is 25.0 Å². The van der Waals surface area contributed by atoms with E-state index in [4.69, 9.17) is 16.2 Å². The Morgan fingerprint density at radius 3 is 2.75 bits per heavy atom. The first-order chi connectivity index (χ1) is 15.3. The third-order valence-electron chi connectivity index (χ3n) is 5.27. The smallest absolute Gasteiger partial charge is 0.277 e. The van der Waals surface area contributed by atoms with Crippen molar-refractivity contribution in [3.63, 3.8) is 0 Å². The first-order valence-corrected chi connectivity index (χ1v) is 10.6. The lowest BCUT2D eigenvalue weighted by Gasteiger charge is -2.17. The minimum atomic E-state index is -1.28. The number of aromatic nitrogens is 3. The van der Waals surface area contributed by atoms with Gasteiger partial charge < -0.3 is 21.5 Å². The fraction of sp³-hybridized carbons (Fsp3) is 0.350. The van der Waals surface area contributed by atoms with E-state index in [1.54, 1.807) is 7.05 Å². The Kier molecular flexibility index (Phi) is 6.17. The molecule has 1 aliphatic rings. The van der Waals surface area contributed by atoms with Crippen molar-refractivity contribution in [1.82, 2.24) is 14.8 Å². The van der Waals surface area contributed by atoms with Gasteiger partial charge in [0.1, 0.15) is 33.9 Å². The van der Waals surface area contributed by atoms with Gasteiger partial charge in [-0.15, -0.1) is 0 Å². The normalized spacial score (nSPS) is 21.3. The molecule has 1 saturated heterocycles. The van der Waals surface area contributed by atoms with Crippen LogP contribution in [0, 0.1) is 11.6 Å². The molecule has 3 aromatic rings. The largest absolute Gasteiger partial charge is 0.389 e. The fourth-order valence-corrected chi connectivity index (χ4v) is 4.44. The average molecular weight is 466 g/mol. The maximum Gasteiger partial charge on any atom is 0.277 e. The second-order valence-corrected chi connectivity index (χ2v) is 8.46. The number of ether oxygens (including phenoxy) is 1. The standard InChI is InChI=1S/C20H21F3N6O2S/c1-29-17(14-6-5-12(24)11(23)8-31-14)13(7-26-29)27-19(30)16-18(25)32-20(28-16)15-9(21)3-2-4-10(15)22/h2-4,7,11-12,14H,5-6,8,24-25H2,1H3,(H,27,30)/t11?,12-,14-/m1/s1. The van der Waals surface area contributed by atoms with Crippen molar-refractivity contribution in [2.24, 2.45) is 12.8 Å². The summed E-state index contributed by atoms with van der Waals surface area (Å²) in [4.78, 5) is 16.9. The summed E-state index contributed by atoms with van der Waals surface area (Å²) in [5.41, 5.74) is 12.1. The summed E-state index contributed by atoms with van der Waals surface area (Å²) < 4.78 is 49.3. The van der Waals surface area contributed by atoms with Gasteiger partial charge in [0.15, 0.2) is 5.69 Å². The molecule has 12 heteroatoms. The van der Waals surface area contributed by atoms with Gasteiger partial charge in [0.25, 0.3) is 5.91 Å². The van der Waals surface area contributed by atoms with Crippen molar-refractivity contribution in [2.45, 2.75) is 31.2 Å². The fourth-order valence-electron chi connectivity index (χ4n) is 3.57. The predicted octanol–water partition coefficient (Wildman–Crippen LogP) is 3.17. The molecule has 3 heterocycles. The van der Waals surface area contributed by atoms with E-state index in [1.807, 2.05) is 0 Å². The molecule has 2 aromatic heterocycles. The van der Waals surface area contributed by atoms with E-state index in [2.05, 4.69) is 15.4 Å². The van der Waals surface area contributed by atoms with Crippen LogP contribution >= 0.6 is 11.3 Å². The molecule has 0 aliphatic carbocycles. The SMILES string of the molecule is Cn1ncc(NC(=O)c2nc(-c3c(F)cccc3F)sc2N)c1[C@H]1CC[C@@H](N)C(F)CO1. The second kappa shape index (κ2) is 8.88. The highest BCUT2D eigenvalue weighted by molar-refractivity contribution is 7.19. The van der Waals surface area contributed by atoms with Gasteiger partial charge in [-0.25, -0.2) is 18.2 Å². The Morgan fingerprint density at radius 2 is 2.03 bits per heavy atom. The highest BCUT2D eigenvalue weighted by Crippen LogP contribution is 2.35. The van der Waals surface area contributed by atoms with Crippen molar-refractivity contribution in [2.75, 3.05) is 17.7 Å². The van der Waals surface area contributed by atoms with Crippen molar-refractivity contribution in [3.8, 4) is 10.6 Å². The summed E-state index contributed by atoms with van der Waals surface area (Å²) in [6.07, 6.45) is 0.466. The monoisotopic (exact) mass is 466 g/mol. The van der Waals surface area contributed by atoms with Crippen LogP contribution in [0.15, 0.2) is 24.4 Å². The molecule has 1 fully saturated rings. The number of nitrogens with one attached hydrogen (secondary N) is 1. The summed E-state index contributed by atoms with van der Waals surface area (Å²) in [7, 11) is 1.67. The van der Waals surface area contributed by atoms with Crippen molar-refractivity contribution >= 4 is 27.9 Å². The van der Waals surface area contributed by atoms with Crippen molar-refractivity contribution in [3.05, 3.63) is 47.4 Å². The third-order valence-corrected chi connectivity index (χ3v) is 6.17. The summed E-state index contributed by atoms with van der Waals surface area (Å²) in [5, 5.41) is 6.78. The van der Waals surface area contributed by atoms with Crippen LogP contribution in [-0.4, -0.2) is 39.5 Å². The molecule has 1 unspecified atom stereocenters. The number of benzene rings is 1. The van der Waals surface area contributed by atoms with Gasteiger partial charge in [-0.1, -0.05) is 17.4 Å². The number of nitrogens with two attached hydrogens (primary N) is 2. The number of alkyl halides is 1. The Hall–Kier alpha value is -2.96. The van der Waals surface area contributed by atoms with Crippen LogP contribution in [0.5, 0.6) is 0 Å². The van der Waals surface area contributed by atoms with E-state index in [0.29, 0.717) is 24.2 Å². The van der Waals surface area contributed by atoms with E-state index in [9.17, 15) is 18.0 Å². The molecule has 1 amide bonds. The van der Waals surface area contributed by atoms with Gasteiger partial charge >= 0.3 is 0 Å². The number of thiazole rings is 1. The predicted molar refractivity (Wildman–Crippen MR) is 114 cm³/mol. The molecule has 32 heavy (non-hydrogen) atoms. The minimum Gasteiger partial charge on any atom is -0.389 e. The highest BCUT2D eigenvalue weighted by Gasteiger charge is 2.30. The van der Waals surface area contributed by atoms with Crippen molar-refractivity contribution < 1.29 is 22.7 Å². The van der Waals surface area contributed by atoms with Crippen LogP contribution in [0.2, 0.25) is 0 Å². The number of hydrogen-bond acceptors (Lipinski definition) is 7. The Balaban J connectivity index is 1.59. The van der Waals surface area contributed by atoms with E-state index in [0.717, 1.165) is 23.5 Å². The number of carbonyl (C=O) groups excluding carboxylic acids is 1. The van der Waals surface area contributed by atoms with Crippen LogP contribution in [0.3, 0.4) is 0 Å². The quantitative estimate of drug-likeness (QED) is 0.543. The molecule has 0 bridgehead atoms. The van der Waals surface area contributed by atoms with Crippen LogP contribution < -0.4 is 16.8 Å². The number of hydrogen-bond donors (Lipinski definition) is 3. The molecule has 170 valence electrons. The van der Waals surface area contributed by atoms with Gasteiger partial charge in [0.05, 0.1) is 29.7 Å². The summed E-state index contributed by atoms with van der Waals surface area (Å²) >= 11 is 0.800. The Labute approximate surface area is 185 Å². The maximum atomic E-state index is 14.1. The molecular formula is C20H21F3N6O2S. The number of rotatable bonds is 4. The van der Waals surface area contributed by atoms with Crippen LogP contribution in [0.4, 0.5) is 23.9 Å². The number of carbonyl (C=O) groups is 1. The lowest BCUT2D eigenvalue weighted by Crippen LogP contribution is -2.32. The molecule has 0 saturated carbocycles. The van der Waals surface area contributed by atoms with E-state index in [-0.39, 0.29) is 27.9 Å². The van der Waals surface area contributed by atoms with E-state index in [1.165, 1.54) is 16.9 Å². The molecule has 1 aliphatic heterocycles. The molecule has 3 atom stereocenters. The van der Waals surface area contributed by atoms with E-state index < -0.39 is 35.9 Å². The number of nitrogens with zero attached hydrogens (tertiary/aromatic N) is 3. The zero-order valence-corrected chi connectivity index (χ0v) is 17.8. The first kappa shape index (κ1) is 22.2. The van der Waals surface area contributed by atoms with Crippen LogP contribution in [-0.2, 0) is 11.8 Å². The lowest BCUT2D eigenvalue weighted by molar-refractivity contribution is 0.0247. The van der Waals surface area contributed by atoms with Gasteiger partial charge in [-0.2, -0.15) is 5.10 Å². The number of amides is 1. The number of nitrogen functional groups attached to an aromatic ring is 1. The molecular weight excluding hydrogens is 445 g/mol. The second-order valence-electron chi connectivity index (χ2n) is 7.43. The van der Waals surface area contributed by atoms with Gasteiger partial charge in [0, 0.05) is 13.1 Å². The minimum absolute atomic E-state index is 0.00237. The summed E-state index contributed by atoms with van der Waals surface area (Å²) in [6.45, 7) is -0.166. The number of aryl methyl sites for hydroxylation is 1.